The average Bonchev–Trinajstić information content (AvgIpc) is 2.28. The number of carboxylic acids is 1. The number of ether oxygens (including phenoxy) is 1. The largest absolute Gasteiger partial charge is 0.492 e. The predicted octanol–water partition coefficient (Wildman–Crippen LogP) is 1.02. The first kappa shape index (κ1) is 12.9. The number of benzene rings is 1. The Kier molecular flexibility index (Phi) is 4.41. The fourth-order valence-corrected chi connectivity index (χ4v) is 1.27. The molecule has 0 radical (unpaired) electrons. The van der Waals surface area contributed by atoms with Gasteiger partial charge in [-0.05, 0) is 19.0 Å². The minimum atomic E-state index is -1.39. The van der Waals surface area contributed by atoms with E-state index in [1.165, 1.54) is 12.1 Å². The Hall–Kier alpha value is -2.15. The van der Waals surface area contributed by atoms with Crippen molar-refractivity contribution in [2.75, 3.05) is 13.2 Å². The number of rotatable bonds is 6. The van der Waals surface area contributed by atoms with Crippen LogP contribution < -0.4 is 10.5 Å². The van der Waals surface area contributed by atoms with Crippen molar-refractivity contribution < 1.29 is 19.6 Å². The van der Waals surface area contributed by atoms with E-state index in [-0.39, 0.29) is 12.4 Å². The van der Waals surface area contributed by atoms with Crippen LogP contribution >= 0.6 is 0 Å². The lowest BCUT2D eigenvalue weighted by molar-refractivity contribution is -0.385. The van der Waals surface area contributed by atoms with Crippen molar-refractivity contribution in [1.82, 2.24) is 0 Å². The molecule has 1 rings (SSSR count). The molecule has 0 saturated carbocycles. The van der Waals surface area contributed by atoms with Crippen LogP contribution in [0.4, 0.5) is 5.69 Å². The lowest BCUT2D eigenvalue weighted by Crippen LogP contribution is -2.10. The molecule has 1 aromatic carbocycles. The molecule has 0 aliphatic heterocycles. The van der Waals surface area contributed by atoms with E-state index in [4.69, 9.17) is 15.6 Å². The Morgan fingerprint density at radius 1 is 1.53 bits per heavy atom. The third kappa shape index (κ3) is 3.15. The number of carboxylic acid groups (broad SMARTS) is 1. The summed E-state index contributed by atoms with van der Waals surface area (Å²) in [4.78, 5) is 20.9. The van der Waals surface area contributed by atoms with Gasteiger partial charge in [0.15, 0.2) is 5.56 Å². The Morgan fingerprint density at radius 3 is 2.76 bits per heavy atom. The summed E-state index contributed by atoms with van der Waals surface area (Å²) < 4.78 is 5.16. The minimum absolute atomic E-state index is 0.0137. The van der Waals surface area contributed by atoms with E-state index in [0.717, 1.165) is 6.07 Å². The van der Waals surface area contributed by atoms with Gasteiger partial charge in [0.2, 0.25) is 0 Å². The van der Waals surface area contributed by atoms with E-state index in [1.54, 1.807) is 0 Å². The minimum Gasteiger partial charge on any atom is -0.492 e. The normalized spacial score (nSPS) is 9.94. The maximum atomic E-state index is 11.0. The van der Waals surface area contributed by atoms with Crippen molar-refractivity contribution in [1.29, 1.82) is 0 Å². The zero-order chi connectivity index (χ0) is 12.8. The van der Waals surface area contributed by atoms with Gasteiger partial charge in [-0.3, -0.25) is 10.1 Å². The first-order valence-electron chi connectivity index (χ1n) is 4.91. The van der Waals surface area contributed by atoms with Gasteiger partial charge in [0.1, 0.15) is 5.75 Å². The van der Waals surface area contributed by atoms with Crippen LogP contribution in [0, 0.1) is 10.1 Å². The Balaban J connectivity index is 3.07. The summed E-state index contributed by atoms with van der Waals surface area (Å²) in [7, 11) is 0. The first-order valence-corrected chi connectivity index (χ1v) is 4.91. The van der Waals surface area contributed by atoms with Crippen LogP contribution in [-0.2, 0) is 0 Å². The van der Waals surface area contributed by atoms with Gasteiger partial charge >= 0.3 is 5.97 Å². The number of aromatic carboxylic acids is 1. The molecular formula is C10H12N2O5. The first-order chi connectivity index (χ1) is 8.07. The molecule has 3 N–H and O–H groups in total. The zero-order valence-electron chi connectivity index (χ0n) is 8.96. The van der Waals surface area contributed by atoms with E-state index in [1.807, 2.05) is 0 Å². The second kappa shape index (κ2) is 5.80. The number of nitrogens with two attached hydrogens (primary N) is 1. The summed E-state index contributed by atoms with van der Waals surface area (Å²) in [5, 5.41) is 19.6. The molecule has 0 atom stereocenters. The molecule has 0 aromatic heterocycles. The molecule has 0 aliphatic carbocycles. The molecule has 7 heteroatoms. The van der Waals surface area contributed by atoms with E-state index >= 15 is 0 Å². The number of nitrogens with zero attached hydrogens (tertiary/aromatic N) is 1. The second-order valence-electron chi connectivity index (χ2n) is 3.20. The highest BCUT2D eigenvalue weighted by molar-refractivity contribution is 5.95. The number of nitro benzene ring substituents is 1. The van der Waals surface area contributed by atoms with Crippen LogP contribution in [0.3, 0.4) is 0 Å². The highest BCUT2D eigenvalue weighted by Gasteiger charge is 2.24. The molecule has 7 nitrogen and oxygen atoms in total. The maximum Gasteiger partial charge on any atom is 0.346 e. The van der Waals surface area contributed by atoms with E-state index in [0.29, 0.717) is 13.0 Å². The van der Waals surface area contributed by atoms with Gasteiger partial charge in [0, 0.05) is 6.07 Å². The smallest absolute Gasteiger partial charge is 0.346 e. The highest BCUT2D eigenvalue weighted by atomic mass is 16.6. The SMILES string of the molecule is NCCCOc1cccc([N+](=O)[O-])c1C(=O)O. The van der Waals surface area contributed by atoms with Gasteiger partial charge in [-0.15, -0.1) is 0 Å². The lowest BCUT2D eigenvalue weighted by Gasteiger charge is -2.08. The van der Waals surface area contributed by atoms with Crippen LogP contribution in [0.25, 0.3) is 0 Å². The van der Waals surface area contributed by atoms with E-state index < -0.39 is 22.1 Å². The third-order valence-electron chi connectivity index (χ3n) is 2.02. The Labute approximate surface area is 97.0 Å². The molecule has 0 aliphatic rings. The van der Waals surface area contributed by atoms with Crippen LogP contribution in [0.5, 0.6) is 5.75 Å². The summed E-state index contributed by atoms with van der Waals surface area (Å²) >= 11 is 0. The summed E-state index contributed by atoms with van der Waals surface area (Å²) in [6.45, 7) is 0.620. The number of hydrogen-bond donors (Lipinski definition) is 2. The zero-order valence-corrected chi connectivity index (χ0v) is 8.96. The van der Waals surface area contributed by atoms with Gasteiger partial charge in [-0.1, -0.05) is 6.07 Å². The molecule has 0 fully saturated rings. The average molecular weight is 240 g/mol. The van der Waals surface area contributed by atoms with Crippen molar-refractivity contribution >= 4 is 11.7 Å². The van der Waals surface area contributed by atoms with Crippen molar-refractivity contribution in [2.45, 2.75) is 6.42 Å². The van der Waals surface area contributed by atoms with Crippen molar-refractivity contribution in [3.8, 4) is 5.75 Å². The quantitative estimate of drug-likeness (QED) is 0.435. The van der Waals surface area contributed by atoms with Gasteiger partial charge < -0.3 is 15.6 Å². The molecule has 0 spiro atoms. The van der Waals surface area contributed by atoms with Gasteiger partial charge in [0.25, 0.3) is 5.69 Å². The number of carbonyl (C=O) groups is 1. The van der Waals surface area contributed by atoms with Crippen molar-refractivity contribution in [3.05, 3.63) is 33.9 Å². The Bertz CT molecular complexity index is 433. The molecular weight excluding hydrogens is 228 g/mol. The molecule has 0 bridgehead atoms. The number of nitro groups is 1. The van der Waals surface area contributed by atoms with Gasteiger partial charge in [-0.2, -0.15) is 0 Å². The van der Waals surface area contributed by atoms with Crippen LogP contribution in [0.2, 0.25) is 0 Å². The van der Waals surface area contributed by atoms with Crippen LogP contribution in [0.1, 0.15) is 16.8 Å². The topological polar surface area (TPSA) is 116 Å². The molecule has 1 aromatic rings. The third-order valence-corrected chi connectivity index (χ3v) is 2.02. The maximum absolute atomic E-state index is 11.0. The summed E-state index contributed by atoms with van der Waals surface area (Å²) in [5.41, 5.74) is 4.34. The predicted molar refractivity (Wildman–Crippen MR) is 59.2 cm³/mol. The molecule has 17 heavy (non-hydrogen) atoms. The fraction of sp³-hybridized carbons (Fsp3) is 0.300. The monoisotopic (exact) mass is 240 g/mol. The molecule has 0 unspecified atom stereocenters. The summed E-state index contributed by atoms with van der Waals surface area (Å²) in [6, 6.07) is 3.88. The van der Waals surface area contributed by atoms with Crippen LogP contribution in [-0.4, -0.2) is 29.2 Å². The lowest BCUT2D eigenvalue weighted by atomic mass is 10.1. The second-order valence-corrected chi connectivity index (χ2v) is 3.20. The summed E-state index contributed by atoms with van der Waals surface area (Å²) in [6.07, 6.45) is 0.543. The molecule has 0 heterocycles. The van der Waals surface area contributed by atoms with E-state index in [2.05, 4.69) is 0 Å². The van der Waals surface area contributed by atoms with Gasteiger partial charge in [0.05, 0.1) is 11.5 Å². The molecule has 92 valence electrons. The fourth-order valence-electron chi connectivity index (χ4n) is 1.27. The van der Waals surface area contributed by atoms with E-state index in [9.17, 15) is 14.9 Å². The van der Waals surface area contributed by atoms with Gasteiger partial charge in [-0.25, -0.2) is 4.79 Å². The highest BCUT2D eigenvalue weighted by Crippen LogP contribution is 2.28. The molecule has 0 saturated heterocycles. The standard InChI is InChI=1S/C10H12N2O5/c11-5-2-6-17-8-4-1-3-7(12(15)16)9(8)10(13)14/h1,3-4H,2,5-6,11H2,(H,13,14). The Morgan fingerprint density at radius 2 is 2.24 bits per heavy atom. The van der Waals surface area contributed by atoms with Crippen molar-refractivity contribution in [3.63, 3.8) is 0 Å². The number of hydrogen-bond acceptors (Lipinski definition) is 5. The summed E-state index contributed by atoms with van der Waals surface area (Å²) in [5.74, 6) is -1.40. The van der Waals surface area contributed by atoms with Crippen molar-refractivity contribution in [2.24, 2.45) is 5.73 Å². The van der Waals surface area contributed by atoms with Crippen LogP contribution in [0.15, 0.2) is 18.2 Å². The molecule has 0 amide bonds.